The molecule has 0 unspecified atom stereocenters. The molecule has 0 spiro atoms. The highest BCUT2D eigenvalue weighted by atomic mass is 16.5. The van der Waals surface area contributed by atoms with Crippen molar-refractivity contribution in [1.29, 1.82) is 0 Å². The van der Waals surface area contributed by atoms with Gasteiger partial charge in [-0.2, -0.15) is 0 Å². The van der Waals surface area contributed by atoms with Crippen molar-refractivity contribution in [3.8, 4) is 5.75 Å². The van der Waals surface area contributed by atoms with Gasteiger partial charge in [0.15, 0.2) is 0 Å². The van der Waals surface area contributed by atoms with E-state index in [-0.39, 0.29) is 5.91 Å². The van der Waals surface area contributed by atoms with Crippen LogP contribution in [0, 0.1) is 0 Å². The molecule has 1 aliphatic heterocycles. The molecule has 1 heterocycles. The largest absolute Gasteiger partial charge is 0.492 e. The molecule has 120 valence electrons. The lowest BCUT2D eigenvalue weighted by atomic mass is 9.95. The van der Waals surface area contributed by atoms with E-state index in [0.29, 0.717) is 24.3 Å². The Morgan fingerprint density at radius 1 is 1.32 bits per heavy atom. The molecule has 1 saturated carbocycles. The summed E-state index contributed by atoms with van der Waals surface area (Å²) in [5.41, 5.74) is 7.14. The normalized spacial score (nSPS) is 21.6. The number of primary amides is 1. The predicted molar refractivity (Wildman–Crippen MR) is 87.2 cm³/mol. The molecular formula is C18H26N2O2. The Labute approximate surface area is 132 Å². The molecule has 0 bridgehead atoms. The van der Waals surface area contributed by atoms with Gasteiger partial charge in [-0.1, -0.05) is 25.8 Å². The number of carbonyl (C=O) groups is 1. The average Bonchev–Trinajstić information content (AvgIpc) is 3.05. The first-order valence-electron chi connectivity index (χ1n) is 8.51. The summed E-state index contributed by atoms with van der Waals surface area (Å²) < 4.78 is 5.96. The molecule has 1 aromatic rings. The Hall–Kier alpha value is -1.55. The van der Waals surface area contributed by atoms with Gasteiger partial charge in [-0.3, -0.25) is 9.69 Å². The Bertz CT molecular complexity index is 538. The first-order valence-corrected chi connectivity index (χ1v) is 8.51. The highest BCUT2D eigenvalue weighted by Crippen LogP contribution is 2.32. The summed E-state index contributed by atoms with van der Waals surface area (Å²) in [6.07, 6.45) is 7.27. The van der Waals surface area contributed by atoms with Gasteiger partial charge in [0.25, 0.3) is 0 Å². The van der Waals surface area contributed by atoms with Gasteiger partial charge in [0.05, 0.1) is 0 Å². The zero-order valence-corrected chi connectivity index (χ0v) is 13.4. The number of carbonyl (C=O) groups excluding carboxylic acids is 1. The van der Waals surface area contributed by atoms with E-state index in [2.05, 4.69) is 11.8 Å². The zero-order valence-electron chi connectivity index (χ0n) is 13.4. The van der Waals surface area contributed by atoms with Crippen LogP contribution in [0.1, 0.15) is 54.9 Å². The van der Waals surface area contributed by atoms with Crippen molar-refractivity contribution in [3.63, 3.8) is 0 Å². The monoisotopic (exact) mass is 302 g/mol. The van der Waals surface area contributed by atoms with Gasteiger partial charge in [0, 0.05) is 23.2 Å². The van der Waals surface area contributed by atoms with Crippen LogP contribution in [0.3, 0.4) is 0 Å². The van der Waals surface area contributed by atoms with Gasteiger partial charge in [0.1, 0.15) is 12.4 Å². The minimum Gasteiger partial charge on any atom is -0.492 e. The zero-order chi connectivity index (χ0) is 15.5. The van der Waals surface area contributed by atoms with Crippen LogP contribution in [0.5, 0.6) is 5.75 Å². The fourth-order valence-corrected chi connectivity index (χ4v) is 3.99. The SMILES string of the molecule is CCCN(C1CCCC1)[C@H]1COc2cccc(C(N)=O)c2C1. The quantitative estimate of drug-likeness (QED) is 0.910. The maximum atomic E-state index is 11.7. The van der Waals surface area contributed by atoms with E-state index < -0.39 is 0 Å². The second-order valence-electron chi connectivity index (χ2n) is 6.49. The molecule has 0 saturated heterocycles. The summed E-state index contributed by atoms with van der Waals surface area (Å²) in [6, 6.07) is 6.64. The molecule has 22 heavy (non-hydrogen) atoms. The molecule has 1 amide bonds. The second-order valence-corrected chi connectivity index (χ2v) is 6.49. The molecule has 1 atom stereocenters. The van der Waals surface area contributed by atoms with Crippen LogP contribution < -0.4 is 10.5 Å². The third kappa shape index (κ3) is 2.98. The highest BCUT2D eigenvalue weighted by Gasteiger charge is 2.32. The summed E-state index contributed by atoms with van der Waals surface area (Å²) in [6.45, 7) is 4.05. The summed E-state index contributed by atoms with van der Waals surface area (Å²) in [5, 5.41) is 0. The first kappa shape index (κ1) is 15.3. The van der Waals surface area contributed by atoms with E-state index in [0.717, 1.165) is 30.7 Å². The van der Waals surface area contributed by atoms with Gasteiger partial charge in [0.2, 0.25) is 5.91 Å². The van der Waals surface area contributed by atoms with Crippen LogP contribution in [0.2, 0.25) is 0 Å². The Balaban J connectivity index is 1.83. The number of benzene rings is 1. The number of hydrogen-bond donors (Lipinski definition) is 1. The van der Waals surface area contributed by atoms with Crippen LogP contribution >= 0.6 is 0 Å². The van der Waals surface area contributed by atoms with E-state index >= 15 is 0 Å². The van der Waals surface area contributed by atoms with Crippen molar-refractivity contribution in [2.24, 2.45) is 5.73 Å². The fourth-order valence-electron chi connectivity index (χ4n) is 3.99. The number of rotatable bonds is 5. The molecule has 1 aromatic carbocycles. The molecule has 3 rings (SSSR count). The lowest BCUT2D eigenvalue weighted by Crippen LogP contribution is -2.48. The standard InChI is InChI=1S/C18H26N2O2/c1-2-10-20(13-6-3-4-7-13)14-11-16-15(18(19)21)8-5-9-17(16)22-12-14/h5,8-9,13-14H,2-4,6-7,10-12H2,1H3,(H2,19,21)/t14-/m1/s1. The lowest BCUT2D eigenvalue weighted by molar-refractivity contribution is 0.0804. The molecule has 1 aliphatic carbocycles. The van der Waals surface area contributed by atoms with E-state index in [1.807, 2.05) is 18.2 Å². The van der Waals surface area contributed by atoms with Crippen LogP contribution in [0.15, 0.2) is 18.2 Å². The van der Waals surface area contributed by atoms with Crippen molar-refractivity contribution in [3.05, 3.63) is 29.3 Å². The van der Waals surface area contributed by atoms with E-state index in [4.69, 9.17) is 10.5 Å². The van der Waals surface area contributed by atoms with Gasteiger partial charge in [-0.15, -0.1) is 0 Å². The van der Waals surface area contributed by atoms with Gasteiger partial charge < -0.3 is 10.5 Å². The number of nitrogens with two attached hydrogens (primary N) is 1. The average molecular weight is 302 g/mol. The van der Waals surface area contributed by atoms with Crippen molar-refractivity contribution >= 4 is 5.91 Å². The summed E-state index contributed by atoms with van der Waals surface area (Å²) in [5.74, 6) is 0.472. The molecule has 4 heteroatoms. The number of fused-ring (bicyclic) bond motifs is 1. The predicted octanol–water partition coefficient (Wildman–Crippen LogP) is 2.74. The Morgan fingerprint density at radius 3 is 2.77 bits per heavy atom. The fraction of sp³-hybridized carbons (Fsp3) is 0.611. The summed E-state index contributed by atoms with van der Waals surface area (Å²) in [7, 11) is 0. The maximum absolute atomic E-state index is 11.7. The van der Waals surface area contributed by atoms with Gasteiger partial charge in [-0.25, -0.2) is 0 Å². The molecule has 4 nitrogen and oxygen atoms in total. The number of hydrogen-bond acceptors (Lipinski definition) is 3. The van der Waals surface area contributed by atoms with Gasteiger partial charge in [-0.05, 0) is 44.4 Å². The third-order valence-electron chi connectivity index (χ3n) is 5.01. The van der Waals surface area contributed by atoms with Crippen LogP contribution in [-0.4, -0.2) is 36.0 Å². The van der Waals surface area contributed by atoms with Crippen molar-refractivity contribution < 1.29 is 9.53 Å². The number of nitrogens with zero attached hydrogens (tertiary/aromatic N) is 1. The molecule has 0 radical (unpaired) electrons. The first-order chi connectivity index (χ1) is 10.7. The minimum absolute atomic E-state index is 0.357. The van der Waals surface area contributed by atoms with Crippen LogP contribution in [0.4, 0.5) is 0 Å². The molecule has 1 fully saturated rings. The molecule has 2 N–H and O–H groups in total. The van der Waals surface area contributed by atoms with E-state index in [9.17, 15) is 4.79 Å². The maximum Gasteiger partial charge on any atom is 0.249 e. The summed E-state index contributed by atoms with van der Waals surface area (Å²) in [4.78, 5) is 14.3. The van der Waals surface area contributed by atoms with E-state index in [1.165, 1.54) is 25.7 Å². The Kier molecular flexibility index (Phi) is 4.67. The van der Waals surface area contributed by atoms with Crippen molar-refractivity contribution in [2.75, 3.05) is 13.2 Å². The van der Waals surface area contributed by atoms with Crippen LogP contribution in [-0.2, 0) is 6.42 Å². The molecule has 2 aliphatic rings. The molecule has 0 aromatic heterocycles. The Morgan fingerprint density at radius 2 is 2.09 bits per heavy atom. The van der Waals surface area contributed by atoms with E-state index in [1.54, 1.807) is 0 Å². The topological polar surface area (TPSA) is 55.6 Å². The van der Waals surface area contributed by atoms with Crippen molar-refractivity contribution in [2.45, 2.75) is 57.5 Å². The third-order valence-corrected chi connectivity index (χ3v) is 5.01. The lowest BCUT2D eigenvalue weighted by Gasteiger charge is -2.39. The summed E-state index contributed by atoms with van der Waals surface area (Å²) >= 11 is 0. The smallest absolute Gasteiger partial charge is 0.249 e. The van der Waals surface area contributed by atoms with Crippen molar-refractivity contribution in [1.82, 2.24) is 4.90 Å². The minimum atomic E-state index is -0.357. The van der Waals surface area contributed by atoms with Crippen LogP contribution in [0.25, 0.3) is 0 Å². The van der Waals surface area contributed by atoms with Gasteiger partial charge >= 0.3 is 0 Å². The highest BCUT2D eigenvalue weighted by molar-refractivity contribution is 5.95. The second kappa shape index (κ2) is 6.69. The number of amides is 1. The molecular weight excluding hydrogens is 276 g/mol. The number of ether oxygens (including phenoxy) is 1.